The summed E-state index contributed by atoms with van der Waals surface area (Å²) in [5.41, 5.74) is 6.16. The third-order valence-corrected chi connectivity index (χ3v) is 3.25. The zero-order chi connectivity index (χ0) is 15.4. The van der Waals surface area contributed by atoms with Crippen LogP contribution in [-0.2, 0) is 6.54 Å². The Balaban J connectivity index is 2.38. The molecule has 0 aliphatic carbocycles. The van der Waals surface area contributed by atoms with Crippen LogP contribution < -0.4 is 22.3 Å². The highest BCUT2D eigenvalue weighted by Crippen LogP contribution is 2.19. The molecule has 2 rings (SSSR count). The largest absolute Gasteiger partial charge is 0.383 e. The molecule has 0 radical (unpaired) electrons. The summed E-state index contributed by atoms with van der Waals surface area (Å²) in [6, 6.07) is 3.57. The van der Waals surface area contributed by atoms with E-state index in [1.165, 1.54) is 4.57 Å². The van der Waals surface area contributed by atoms with Gasteiger partial charge >= 0.3 is 5.69 Å². The molecule has 2 aromatic heterocycles. The van der Waals surface area contributed by atoms with E-state index in [2.05, 4.69) is 15.3 Å². The number of aromatic amines is 1. The third kappa shape index (κ3) is 3.13. The van der Waals surface area contributed by atoms with Crippen LogP contribution in [0.15, 0.2) is 34.1 Å². The van der Waals surface area contributed by atoms with E-state index in [9.17, 15) is 9.59 Å². The van der Waals surface area contributed by atoms with Crippen molar-refractivity contribution < 1.29 is 0 Å². The Morgan fingerprint density at radius 2 is 2.05 bits per heavy atom. The van der Waals surface area contributed by atoms with Crippen molar-refractivity contribution in [3.05, 3.63) is 50.9 Å². The van der Waals surface area contributed by atoms with Crippen molar-refractivity contribution in [2.75, 3.05) is 11.1 Å². The van der Waals surface area contributed by atoms with E-state index in [-0.39, 0.29) is 17.5 Å². The fourth-order valence-electron chi connectivity index (χ4n) is 2.12. The molecule has 0 saturated carbocycles. The number of nitrogens with two attached hydrogens (primary N) is 1. The number of H-pyrrole nitrogens is 1. The number of hydrogen-bond donors (Lipinski definition) is 3. The molecule has 0 saturated heterocycles. The van der Waals surface area contributed by atoms with E-state index in [1.807, 2.05) is 26.0 Å². The summed E-state index contributed by atoms with van der Waals surface area (Å²) in [5, 5.41) is 3.06. The highest BCUT2D eigenvalue weighted by Gasteiger charge is 2.14. The maximum Gasteiger partial charge on any atom is 0.330 e. The molecule has 7 nitrogen and oxygen atoms in total. The highest BCUT2D eigenvalue weighted by atomic mass is 16.2. The van der Waals surface area contributed by atoms with E-state index < -0.39 is 11.2 Å². The van der Waals surface area contributed by atoms with Crippen molar-refractivity contribution >= 4 is 11.5 Å². The fourth-order valence-corrected chi connectivity index (χ4v) is 2.12. The van der Waals surface area contributed by atoms with Crippen LogP contribution in [0, 0.1) is 0 Å². The van der Waals surface area contributed by atoms with Crippen LogP contribution in [0.3, 0.4) is 0 Å². The van der Waals surface area contributed by atoms with Crippen molar-refractivity contribution in [2.45, 2.75) is 32.9 Å². The number of pyridine rings is 1. The first-order chi connectivity index (χ1) is 10.0. The molecule has 0 fully saturated rings. The first kappa shape index (κ1) is 14.8. The van der Waals surface area contributed by atoms with Crippen LogP contribution in [-0.4, -0.2) is 14.5 Å². The molecule has 0 amide bonds. The molecule has 2 aromatic rings. The Labute approximate surface area is 121 Å². The van der Waals surface area contributed by atoms with Gasteiger partial charge < -0.3 is 11.1 Å². The summed E-state index contributed by atoms with van der Waals surface area (Å²) in [5.74, 6) is 0.159. The van der Waals surface area contributed by atoms with Crippen molar-refractivity contribution in [2.24, 2.45) is 0 Å². The van der Waals surface area contributed by atoms with Gasteiger partial charge in [-0.1, -0.05) is 6.92 Å². The number of aromatic nitrogens is 3. The summed E-state index contributed by atoms with van der Waals surface area (Å²) in [6.07, 6.45) is 4.10. The molecule has 0 bridgehead atoms. The lowest BCUT2D eigenvalue weighted by molar-refractivity contribution is 0.641. The number of hydrogen-bond acceptors (Lipinski definition) is 5. The molecular weight excluding hydrogens is 270 g/mol. The van der Waals surface area contributed by atoms with Gasteiger partial charge in [-0.2, -0.15) is 0 Å². The molecular formula is C14H19N5O2. The summed E-state index contributed by atoms with van der Waals surface area (Å²) >= 11 is 0. The van der Waals surface area contributed by atoms with Crippen LogP contribution in [0.4, 0.5) is 11.5 Å². The second kappa shape index (κ2) is 6.25. The predicted molar refractivity (Wildman–Crippen MR) is 82.3 cm³/mol. The normalized spacial score (nSPS) is 12.1. The fraction of sp³-hybridized carbons (Fsp3) is 0.357. The monoisotopic (exact) mass is 289 g/mol. The number of anilines is 2. The highest BCUT2D eigenvalue weighted by molar-refractivity contribution is 5.61. The molecule has 21 heavy (non-hydrogen) atoms. The number of nitrogens with zero attached hydrogens (tertiary/aromatic N) is 2. The van der Waals surface area contributed by atoms with Gasteiger partial charge in [0.05, 0.1) is 0 Å². The summed E-state index contributed by atoms with van der Waals surface area (Å²) < 4.78 is 1.36. The minimum Gasteiger partial charge on any atom is -0.383 e. The topological polar surface area (TPSA) is 106 Å². The summed E-state index contributed by atoms with van der Waals surface area (Å²) in [7, 11) is 0. The standard InChI is InChI=1S/C14H19N5O2/c1-3-8-19-12(15)11(13(20)18-14(19)21)17-9(2)10-4-6-16-7-5-10/h4-7,9,17H,3,8,15H2,1-2H3,(H,18,20,21). The van der Waals surface area contributed by atoms with Gasteiger partial charge in [0, 0.05) is 25.0 Å². The molecule has 0 aliphatic heterocycles. The number of nitrogen functional groups attached to an aromatic ring is 1. The number of rotatable bonds is 5. The quantitative estimate of drug-likeness (QED) is 0.764. The predicted octanol–water partition coefficient (Wildman–Crippen LogP) is 1.10. The lowest BCUT2D eigenvalue weighted by Gasteiger charge is -2.18. The zero-order valence-electron chi connectivity index (χ0n) is 12.1. The van der Waals surface area contributed by atoms with E-state index >= 15 is 0 Å². The Kier molecular flexibility index (Phi) is 4.42. The van der Waals surface area contributed by atoms with Gasteiger partial charge in [-0.3, -0.25) is 19.3 Å². The van der Waals surface area contributed by atoms with E-state index in [0.717, 1.165) is 12.0 Å². The lowest BCUT2D eigenvalue weighted by atomic mass is 10.1. The van der Waals surface area contributed by atoms with Crippen molar-refractivity contribution in [1.29, 1.82) is 0 Å². The van der Waals surface area contributed by atoms with Gasteiger partial charge in [0.25, 0.3) is 5.56 Å². The van der Waals surface area contributed by atoms with Crippen LogP contribution in [0.1, 0.15) is 31.9 Å². The molecule has 0 spiro atoms. The van der Waals surface area contributed by atoms with E-state index in [0.29, 0.717) is 6.54 Å². The van der Waals surface area contributed by atoms with Crippen LogP contribution in [0.25, 0.3) is 0 Å². The van der Waals surface area contributed by atoms with Gasteiger partial charge in [-0.05, 0) is 31.0 Å². The van der Waals surface area contributed by atoms with Crippen molar-refractivity contribution in [1.82, 2.24) is 14.5 Å². The van der Waals surface area contributed by atoms with Gasteiger partial charge in [0.15, 0.2) is 0 Å². The van der Waals surface area contributed by atoms with Gasteiger partial charge in [-0.15, -0.1) is 0 Å². The maximum absolute atomic E-state index is 12.0. The Bertz CT molecular complexity index is 720. The first-order valence-electron chi connectivity index (χ1n) is 6.83. The molecule has 1 atom stereocenters. The summed E-state index contributed by atoms with van der Waals surface area (Å²) in [4.78, 5) is 30.0. The zero-order valence-corrected chi connectivity index (χ0v) is 12.1. The molecule has 7 heteroatoms. The minimum atomic E-state index is -0.509. The second-order valence-electron chi connectivity index (χ2n) is 4.82. The number of nitrogens with one attached hydrogen (secondary N) is 2. The van der Waals surface area contributed by atoms with E-state index in [4.69, 9.17) is 5.73 Å². The van der Waals surface area contributed by atoms with Crippen molar-refractivity contribution in [3.8, 4) is 0 Å². The lowest BCUT2D eigenvalue weighted by Crippen LogP contribution is -2.34. The Morgan fingerprint density at radius 3 is 2.67 bits per heavy atom. The smallest absolute Gasteiger partial charge is 0.330 e. The van der Waals surface area contributed by atoms with E-state index in [1.54, 1.807) is 12.4 Å². The first-order valence-corrected chi connectivity index (χ1v) is 6.83. The minimum absolute atomic E-state index is 0.135. The van der Waals surface area contributed by atoms with Crippen LogP contribution >= 0.6 is 0 Å². The average molecular weight is 289 g/mol. The Morgan fingerprint density at radius 1 is 1.38 bits per heavy atom. The third-order valence-electron chi connectivity index (χ3n) is 3.25. The Hall–Kier alpha value is -2.57. The molecule has 112 valence electrons. The molecule has 0 aromatic carbocycles. The van der Waals surface area contributed by atoms with Crippen molar-refractivity contribution in [3.63, 3.8) is 0 Å². The molecule has 2 heterocycles. The van der Waals surface area contributed by atoms with Crippen LogP contribution in [0.2, 0.25) is 0 Å². The average Bonchev–Trinajstić information content (AvgIpc) is 2.48. The summed E-state index contributed by atoms with van der Waals surface area (Å²) in [6.45, 7) is 4.30. The van der Waals surface area contributed by atoms with Gasteiger partial charge in [0.1, 0.15) is 11.5 Å². The van der Waals surface area contributed by atoms with Crippen LogP contribution in [0.5, 0.6) is 0 Å². The molecule has 1 unspecified atom stereocenters. The van der Waals surface area contributed by atoms with Gasteiger partial charge in [0.2, 0.25) is 0 Å². The second-order valence-corrected chi connectivity index (χ2v) is 4.82. The maximum atomic E-state index is 12.0. The molecule has 4 N–H and O–H groups in total. The molecule has 0 aliphatic rings. The van der Waals surface area contributed by atoms with Gasteiger partial charge in [-0.25, -0.2) is 4.79 Å². The SMILES string of the molecule is CCCn1c(N)c(NC(C)c2ccncc2)c(=O)[nH]c1=O.